The molecular weight excluding hydrogens is 292 g/mol. The van der Waals surface area contributed by atoms with Crippen molar-refractivity contribution in [2.75, 3.05) is 5.32 Å². The Hall–Kier alpha value is -1.69. The molecule has 0 spiro atoms. The second kappa shape index (κ2) is 7.25. The number of hydrogen-bond acceptors (Lipinski definition) is 5. The molecule has 4 N–H and O–H groups in total. The maximum Gasteiger partial charge on any atom is 0.254 e. The molecule has 1 heterocycles. The molecule has 0 saturated heterocycles. The topological polar surface area (TPSA) is 101 Å². The number of rotatable bonds is 4. The Morgan fingerprint density at radius 2 is 2.09 bits per heavy atom. The fraction of sp³-hybridized carbons (Fsp3) is 0.706. The van der Waals surface area contributed by atoms with E-state index in [0.29, 0.717) is 23.1 Å². The molecule has 0 unspecified atom stereocenters. The molecule has 0 aliphatic heterocycles. The minimum absolute atomic E-state index is 0.223. The second-order valence-electron chi connectivity index (χ2n) is 7.53. The summed E-state index contributed by atoms with van der Waals surface area (Å²) in [6, 6.07) is 0. The van der Waals surface area contributed by atoms with Crippen LogP contribution in [0.15, 0.2) is 6.20 Å². The molecule has 6 nitrogen and oxygen atoms in total. The van der Waals surface area contributed by atoms with Crippen LogP contribution in [0.2, 0.25) is 0 Å². The van der Waals surface area contributed by atoms with Gasteiger partial charge in [0.25, 0.3) is 5.91 Å². The summed E-state index contributed by atoms with van der Waals surface area (Å²) in [4.78, 5) is 20.4. The number of amides is 1. The van der Waals surface area contributed by atoms with Gasteiger partial charge in [-0.05, 0) is 46.0 Å². The van der Waals surface area contributed by atoms with E-state index in [2.05, 4.69) is 15.3 Å². The molecule has 1 fully saturated rings. The molecule has 1 aliphatic rings. The van der Waals surface area contributed by atoms with Gasteiger partial charge in [-0.25, -0.2) is 9.97 Å². The molecule has 1 saturated carbocycles. The fourth-order valence-corrected chi connectivity index (χ4v) is 3.02. The Bertz CT molecular complexity index is 554. The summed E-state index contributed by atoms with van der Waals surface area (Å²) in [6.07, 6.45) is 6.97. The van der Waals surface area contributed by atoms with Crippen LogP contribution < -0.4 is 11.1 Å². The monoisotopic (exact) mass is 320 g/mol. The third-order valence-corrected chi connectivity index (χ3v) is 4.07. The van der Waals surface area contributed by atoms with Crippen LogP contribution in [0.1, 0.15) is 69.1 Å². The highest BCUT2D eigenvalue weighted by molar-refractivity contribution is 5.97. The van der Waals surface area contributed by atoms with Gasteiger partial charge in [0, 0.05) is 18.2 Å². The van der Waals surface area contributed by atoms with E-state index in [4.69, 9.17) is 5.73 Å². The molecule has 0 radical (unpaired) electrons. The van der Waals surface area contributed by atoms with Crippen molar-refractivity contribution in [1.29, 1.82) is 0 Å². The summed E-state index contributed by atoms with van der Waals surface area (Å²) in [5, 5.41) is 13.2. The summed E-state index contributed by atoms with van der Waals surface area (Å²) in [5.74, 6) is 1.03. The quantitative estimate of drug-likeness (QED) is 0.739. The van der Waals surface area contributed by atoms with Crippen molar-refractivity contribution in [3.8, 4) is 0 Å². The number of primary amides is 1. The van der Waals surface area contributed by atoms with Crippen LogP contribution in [0, 0.1) is 5.92 Å². The fourth-order valence-electron chi connectivity index (χ4n) is 3.02. The first-order valence-corrected chi connectivity index (χ1v) is 8.36. The van der Waals surface area contributed by atoms with Gasteiger partial charge in [0.15, 0.2) is 0 Å². The van der Waals surface area contributed by atoms with Crippen LogP contribution in [0.5, 0.6) is 0 Å². The summed E-state index contributed by atoms with van der Waals surface area (Å²) >= 11 is 0. The second-order valence-corrected chi connectivity index (χ2v) is 7.53. The van der Waals surface area contributed by atoms with Crippen LogP contribution >= 0.6 is 0 Å². The van der Waals surface area contributed by atoms with Crippen molar-refractivity contribution in [2.45, 2.75) is 70.9 Å². The predicted molar refractivity (Wildman–Crippen MR) is 90.2 cm³/mol. The maximum absolute atomic E-state index is 11.6. The molecule has 2 rings (SSSR count). The zero-order chi connectivity index (χ0) is 17.0. The smallest absolute Gasteiger partial charge is 0.254 e. The van der Waals surface area contributed by atoms with Crippen molar-refractivity contribution in [2.24, 2.45) is 11.7 Å². The summed E-state index contributed by atoms with van der Waals surface area (Å²) in [7, 11) is 0. The standard InChI is InChI=1S/C17H28N4O2/c1-17(2,3)21-16-13(15(18)23)10-19-14(20-16)9-11-6-4-5-7-12(22)8-11/h10-12,22H,4-9H2,1-3H3,(H2,18,23)(H,19,20,21)/t11-,12-/m1/s1. The van der Waals surface area contributed by atoms with Crippen molar-refractivity contribution in [1.82, 2.24) is 9.97 Å². The SMILES string of the molecule is CC(C)(C)Nc1nc(C[C@@H]2CCCC[C@@H](O)C2)ncc1C(N)=O. The van der Waals surface area contributed by atoms with Gasteiger partial charge in [0.05, 0.1) is 11.7 Å². The molecule has 1 aromatic rings. The zero-order valence-corrected chi connectivity index (χ0v) is 14.3. The van der Waals surface area contributed by atoms with Gasteiger partial charge in [0.1, 0.15) is 11.6 Å². The number of anilines is 1. The normalized spacial score (nSPS) is 22.4. The highest BCUT2D eigenvalue weighted by Gasteiger charge is 2.22. The van der Waals surface area contributed by atoms with E-state index in [1.165, 1.54) is 6.20 Å². The number of aromatic nitrogens is 2. The Kier molecular flexibility index (Phi) is 5.57. The number of nitrogens with zero attached hydrogens (tertiary/aromatic N) is 2. The van der Waals surface area contributed by atoms with E-state index < -0.39 is 5.91 Å². The third-order valence-electron chi connectivity index (χ3n) is 4.07. The Balaban J connectivity index is 2.19. The molecule has 1 amide bonds. The zero-order valence-electron chi connectivity index (χ0n) is 14.3. The number of aliphatic hydroxyl groups is 1. The van der Waals surface area contributed by atoms with E-state index >= 15 is 0 Å². The highest BCUT2D eigenvalue weighted by Crippen LogP contribution is 2.26. The van der Waals surface area contributed by atoms with Crippen LogP contribution in [-0.2, 0) is 6.42 Å². The first-order valence-electron chi connectivity index (χ1n) is 8.36. The predicted octanol–water partition coefficient (Wildman–Crippen LogP) is 2.27. The lowest BCUT2D eigenvalue weighted by Gasteiger charge is -2.23. The maximum atomic E-state index is 11.6. The van der Waals surface area contributed by atoms with E-state index in [1.807, 2.05) is 20.8 Å². The number of carbonyl (C=O) groups excluding carboxylic acids is 1. The van der Waals surface area contributed by atoms with Gasteiger partial charge < -0.3 is 16.2 Å². The van der Waals surface area contributed by atoms with Crippen molar-refractivity contribution >= 4 is 11.7 Å². The molecule has 6 heteroatoms. The summed E-state index contributed by atoms with van der Waals surface area (Å²) < 4.78 is 0. The largest absolute Gasteiger partial charge is 0.393 e. The van der Waals surface area contributed by atoms with Gasteiger partial charge in [-0.1, -0.05) is 12.8 Å². The minimum atomic E-state index is -0.534. The molecular formula is C17H28N4O2. The van der Waals surface area contributed by atoms with E-state index in [1.54, 1.807) is 0 Å². The molecule has 0 aromatic carbocycles. The van der Waals surface area contributed by atoms with Crippen LogP contribution in [0.3, 0.4) is 0 Å². The number of nitrogens with two attached hydrogens (primary N) is 1. The highest BCUT2D eigenvalue weighted by atomic mass is 16.3. The minimum Gasteiger partial charge on any atom is -0.393 e. The van der Waals surface area contributed by atoms with Crippen LogP contribution in [0.25, 0.3) is 0 Å². The Morgan fingerprint density at radius 3 is 2.74 bits per heavy atom. The van der Waals surface area contributed by atoms with Crippen molar-refractivity contribution in [3.63, 3.8) is 0 Å². The Labute approximate surface area is 137 Å². The van der Waals surface area contributed by atoms with E-state index in [0.717, 1.165) is 38.5 Å². The number of carbonyl (C=O) groups is 1. The lowest BCUT2D eigenvalue weighted by atomic mass is 9.95. The Morgan fingerprint density at radius 1 is 1.39 bits per heavy atom. The molecule has 0 bridgehead atoms. The lowest BCUT2D eigenvalue weighted by Crippen LogP contribution is -2.29. The van der Waals surface area contributed by atoms with Crippen molar-refractivity contribution in [3.05, 3.63) is 17.6 Å². The van der Waals surface area contributed by atoms with E-state index in [-0.39, 0.29) is 11.6 Å². The number of hydrogen-bond donors (Lipinski definition) is 3. The summed E-state index contributed by atoms with van der Waals surface area (Å²) in [6.45, 7) is 6.00. The van der Waals surface area contributed by atoms with Gasteiger partial charge >= 0.3 is 0 Å². The molecule has 1 aliphatic carbocycles. The van der Waals surface area contributed by atoms with Crippen LogP contribution in [-0.4, -0.2) is 32.6 Å². The summed E-state index contributed by atoms with van der Waals surface area (Å²) in [5.41, 5.74) is 5.50. The molecule has 128 valence electrons. The van der Waals surface area contributed by atoms with Gasteiger partial charge in [-0.3, -0.25) is 4.79 Å². The average molecular weight is 320 g/mol. The molecule has 23 heavy (non-hydrogen) atoms. The van der Waals surface area contributed by atoms with Gasteiger partial charge in [0.2, 0.25) is 0 Å². The average Bonchev–Trinajstić information content (AvgIpc) is 2.61. The first kappa shape index (κ1) is 17.7. The third kappa shape index (κ3) is 5.46. The number of nitrogens with one attached hydrogen (secondary N) is 1. The van der Waals surface area contributed by atoms with Gasteiger partial charge in [-0.2, -0.15) is 0 Å². The lowest BCUT2D eigenvalue weighted by molar-refractivity contribution is 0.100. The van der Waals surface area contributed by atoms with Crippen LogP contribution in [0.4, 0.5) is 5.82 Å². The van der Waals surface area contributed by atoms with Gasteiger partial charge in [-0.15, -0.1) is 0 Å². The number of aliphatic hydroxyl groups excluding tert-OH is 1. The van der Waals surface area contributed by atoms with Crippen molar-refractivity contribution < 1.29 is 9.90 Å². The first-order chi connectivity index (χ1) is 10.7. The molecule has 2 atom stereocenters. The van der Waals surface area contributed by atoms with E-state index in [9.17, 15) is 9.90 Å². The molecule has 1 aromatic heterocycles.